The molecule has 3 N–H and O–H groups in total. The molecule has 0 spiro atoms. The normalized spacial score (nSPS) is 13.5. The van der Waals surface area contributed by atoms with Gasteiger partial charge in [-0.1, -0.05) is 26.0 Å². The van der Waals surface area contributed by atoms with Gasteiger partial charge in [-0.3, -0.25) is 0 Å². The highest BCUT2D eigenvalue weighted by molar-refractivity contribution is 7.89. The van der Waals surface area contributed by atoms with Gasteiger partial charge in [0, 0.05) is 19.6 Å². The third-order valence-electron chi connectivity index (χ3n) is 3.49. The van der Waals surface area contributed by atoms with Gasteiger partial charge < -0.3 is 10.6 Å². The number of para-hydroxylation sites is 1. The third kappa shape index (κ3) is 4.19. The molecule has 114 valence electrons. The summed E-state index contributed by atoms with van der Waals surface area (Å²) in [5, 5.41) is 0. The average molecular weight is 299 g/mol. The zero-order valence-electron chi connectivity index (χ0n) is 12.6. The van der Waals surface area contributed by atoms with Crippen LogP contribution in [0.2, 0.25) is 0 Å². The molecule has 0 saturated heterocycles. The van der Waals surface area contributed by atoms with Crippen molar-refractivity contribution in [2.24, 2.45) is 11.7 Å². The number of benzene rings is 1. The van der Waals surface area contributed by atoms with Crippen molar-refractivity contribution in [3.63, 3.8) is 0 Å². The Kier molecular flexibility index (Phi) is 5.98. The van der Waals surface area contributed by atoms with Crippen molar-refractivity contribution in [1.82, 2.24) is 4.72 Å². The van der Waals surface area contributed by atoms with Crippen molar-refractivity contribution in [3.8, 4) is 0 Å². The lowest BCUT2D eigenvalue weighted by Crippen LogP contribution is -2.32. The van der Waals surface area contributed by atoms with E-state index in [1.165, 1.54) is 7.05 Å². The van der Waals surface area contributed by atoms with E-state index in [4.69, 9.17) is 5.73 Å². The van der Waals surface area contributed by atoms with Gasteiger partial charge in [-0.25, -0.2) is 13.1 Å². The first kappa shape index (κ1) is 16.9. The molecule has 1 unspecified atom stereocenters. The predicted octanol–water partition coefficient (Wildman–Crippen LogP) is 1.40. The number of hydrogen-bond acceptors (Lipinski definition) is 4. The van der Waals surface area contributed by atoms with E-state index in [1.807, 2.05) is 24.1 Å². The first-order chi connectivity index (χ1) is 9.29. The maximum atomic E-state index is 12.0. The van der Waals surface area contributed by atoms with E-state index in [0.29, 0.717) is 16.5 Å². The van der Waals surface area contributed by atoms with Crippen LogP contribution in [0.1, 0.15) is 20.3 Å². The molecular weight excluding hydrogens is 274 g/mol. The molecule has 1 aromatic carbocycles. The lowest BCUT2D eigenvalue weighted by Gasteiger charge is -2.24. The second-order valence-corrected chi connectivity index (χ2v) is 7.15. The number of sulfonamides is 1. The number of hydrogen-bond donors (Lipinski definition) is 2. The molecule has 0 saturated carbocycles. The van der Waals surface area contributed by atoms with Crippen LogP contribution in [0.5, 0.6) is 0 Å². The summed E-state index contributed by atoms with van der Waals surface area (Å²) in [5.74, 6) is 0.416. The van der Waals surface area contributed by atoms with Gasteiger partial charge in [0.1, 0.15) is 4.90 Å². The number of nitrogens with zero attached hydrogens (tertiary/aromatic N) is 1. The molecule has 1 aromatic rings. The minimum absolute atomic E-state index is 0.116. The zero-order valence-corrected chi connectivity index (χ0v) is 13.4. The fourth-order valence-corrected chi connectivity index (χ4v) is 2.88. The molecule has 0 radical (unpaired) electrons. The molecule has 5 nitrogen and oxygen atoms in total. The van der Waals surface area contributed by atoms with Crippen LogP contribution in [0.4, 0.5) is 5.69 Å². The number of rotatable bonds is 7. The predicted molar refractivity (Wildman–Crippen MR) is 83.4 cm³/mol. The van der Waals surface area contributed by atoms with Gasteiger partial charge in [0.2, 0.25) is 10.0 Å². The van der Waals surface area contributed by atoms with E-state index in [0.717, 1.165) is 13.0 Å². The number of nitrogens with two attached hydrogens (primary N) is 1. The standard InChI is InChI=1S/C14H25N3O2S/c1-11(2)12(15)9-10-17(4)13-7-5-6-8-14(13)20(18,19)16-3/h5-8,11-12,16H,9-10,15H2,1-4H3. The van der Waals surface area contributed by atoms with Crippen molar-refractivity contribution >= 4 is 15.7 Å². The van der Waals surface area contributed by atoms with Crippen LogP contribution in [-0.4, -0.2) is 35.1 Å². The summed E-state index contributed by atoms with van der Waals surface area (Å²) in [6.07, 6.45) is 0.822. The fraction of sp³-hybridized carbons (Fsp3) is 0.571. The van der Waals surface area contributed by atoms with Gasteiger partial charge >= 0.3 is 0 Å². The van der Waals surface area contributed by atoms with Crippen LogP contribution >= 0.6 is 0 Å². The second kappa shape index (κ2) is 7.06. The summed E-state index contributed by atoms with van der Waals surface area (Å²) in [6, 6.07) is 7.10. The number of nitrogens with one attached hydrogen (secondary N) is 1. The molecule has 1 atom stereocenters. The van der Waals surface area contributed by atoms with Crippen LogP contribution in [0.15, 0.2) is 29.2 Å². The van der Waals surface area contributed by atoms with Gasteiger partial charge in [0.15, 0.2) is 0 Å². The molecule has 0 amide bonds. The Hall–Kier alpha value is -1.11. The monoisotopic (exact) mass is 299 g/mol. The Bertz CT molecular complexity index is 529. The molecule has 0 aromatic heterocycles. The van der Waals surface area contributed by atoms with Gasteiger partial charge in [0.05, 0.1) is 5.69 Å². The highest BCUT2D eigenvalue weighted by Gasteiger charge is 2.19. The van der Waals surface area contributed by atoms with E-state index < -0.39 is 10.0 Å². The fourth-order valence-electron chi connectivity index (χ4n) is 1.91. The minimum Gasteiger partial charge on any atom is -0.373 e. The van der Waals surface area contributed by atoms with Crippen LogP contribution in [0, 0.1) is 5.92 Å². The van der Waals surface area contributed by atoms with Crippen molar-refractivity contribution in [1.29, 1.82) is 0 Å². The Balaban J connectivity index is 2.92. The molecule has 1 rings (SSSR count). The second-order valence-electron chi connectivity index (χ2n) is 5.29. The van der Waals surface area contributed by atoms with E-state index in [-0.39, 0.29) is 6.04 Å². The van der Waals surface area contributed by atoms with Crippen LogP contribution < -0.4 is 15.4 Å². The highest BCUT2D eigenvalue weighted by atomic mass is 32.2. The van der Waals surface area contributed by atoms with Crippen molar-refractivity contribution < 1.29 is 8.42 Å². The topological polar surface area (TPSA) is 75.4 Å². The smallest absolute Gasteiger partial charge is 0.242 e. The Morgan fingerprint density at radius 3 is 2.45 bits per heavy atom. The van der Waals surface area contributed by atoms with Crippen LogP contribution in [-0.2, 0) is 10.0 Å². The van der Waals surface area contributed by atoms with Crippen molar-refractivity contribution in [2.75, 3.05) is 25.5 Å². The molecule has 6 heteroatoms. The lowest BCUT2D eigenvalue weighted by molar-refractivity contribution is 0.466. The first-order valence-corrected chi connectivity index (χ1v) is 8.27. The Morgan fingerprint density at radius 1 is 1.30 bits per heavy atom. The summed E-state index contributed by atoms with van der Waals surface area (Å²) in [5.41, 5.74) is 6.73. The lowest BCUT2D eigenvalue weighted by atomic mass is 10.0. The van der Waals surface area contributed by atoms with E-state index in [1.54, 1.807) is 12.1 Å². The molecule has 0 heterocycles. The summed E-state index contributed by atoms with van der Waals surface area (Å²) < 4.78 is 26.4. The third-order valence-corrected chi connectivity index (χ3v) is 4.95. The summed E-state index contributed by atoms with van der Waals surface area (Å²) in [4.78, 5) is 2.23. The van der Waals surface area contributed by atoms with E-state index >= 15 is 0 Å². The molecule has 0 aliphatic rings. The Morgan fingerprint density at radius 2 is 1.90 bits per heavy atom. The van der Waals surface area contributed by atoms with Gasteiger partial charge in [-0.05, 0) is 31.5 Å². The van der Waals surface area contributed by atoms with Gasteiger partial charge in [0.25, 0.3) is 0 Å². The van der Waals surface area contributed by atoms with Crippen LogP contribution in [0.3, 0.4) is 0 Å². The summed E-state index contributed by atoms with van der Waals surface area (Å²) >= 11 is 0. The van der Waals surface area contributed by atoms with Gasteiger partial charge in [-0.2, -0.15) is 0 Å². The molecule has 20 heavy (non-hydrogen) atoms. The van der Waals surface area contributed by atoms with Crippen molar-refractivity contribution in [2.45, 2.75) is 31.2 Å². The van der Waals surface area contributed by atoms with E-state index in [9.17, 15) is 8.42 Å². The summed E-state index contributed by atoms with van der Waals surface area (Å²) in [7, 11) is -0.148. The molecular formula is C14H25N3O2S. The number of anilines is 1. The minimum atomic E-state index is -3.45. The maximum absolute atomic E-state index is 12.0. The SMILES string of the molecule is CNS(=O)(=O)c1ccccc1N(C)CCC(N)C(C)C. The largest absolute Gasteiger partial charge is 0.373 e. The van der Waals surface area contributed by atoms with Crippen molar-refractivity contribution in [3.05, 3.63) is 24.3 Å². The highest BCUT2D eigenvalue weighted by Crippen LogP contribution is 2.24. The molecule has 0 aliphatic heterocycles. The Labute approximate surface area is 122 Å². The van der Waals surface area contributed by atoms with E-state index in [2.05, 4.69) is 18.6 Å². The van der Waals surface area contributed by atoms with Gasteiger partial charge in [-0.15, -0.1) is 0 Å². The molecule has 0 aliphatic carbocycles. The quantitative estimate of drug-likeness (QED) is 0.798. The first-order valence-electron chi connectivity index (χ1n) is 6.79. The molecule has 0 bridgehead atoms. The zero-order chi connectivity index (χ0) is 15.3. The summed E-state index contributed by atoms with van der Waals surface area (Å²) in [6.45, 7) is 4.89. The maximum Gasteiger partial charge on any atom is 0.242 e. The van der Waals surface area contributed by atoms with Crippen LogP contribution in [0.25, 0.3) is 0 Å². The molecule has 0 fully saturated rings. The average Bonchev–Trinajstić information content (AvgIpc) is 2.44.